The summed E-state index contributed by atoms with van der Waals surface area (Å²) in [5.74, 6) is -7.59. The smallest absolute Gasteiger partial charge is 0.453 e. The summed E-state index contributed by atoms with van der Waals surface area (Å²) in [4.78, 5) is 25.5. The lowest BCUT2D eigenvalue weighted by atomic mass is 10.2. The van der Waals surface area contributed by atoms with E-state index in [0.717, 1.165) is 24.3 Å². The number of carbonyl (C=O) groups excluding carboxylic acids is 2. The van der Waals surface area contributed by atoms with E-state index in [1.807, 2.05) is 0 Å². The minimum atomic E-state index is -4.79. The quantitative estimate of drug-likeness (QED) is 0.229. The molecule has 33 heavy (non-hydrogen) atoms. The highest BCUT2D eigenvalue weighted by Gasteiger charge is 2.56. The van der Waals surface area contributed by atoms with E-state index in [-0.39, 0.29) is 13.2 Å². The molecule has 0 aliphatic rings. The van der Waals surface area contributed by atoms with Crippen molar-refractivity contribution in [3.63, 3.8) is 0 Å². The van der Waals surface area contributed by atoms with E-state index in [2.05, 4.69) is 0 Å². The zero-order valence-electron chi connectivity index (χ0n) is 17.3. The Kier molecular flexibility index (Phi) is 7.83. The molecule has 0 aliphatic heterocycles. The zero-order valence-corrected chi connectivity index (χ0v) is 17.3. The van der Waals surface area contributed by atoms with Gasteiger partial charge in [-0.15, -0.1) is 0 Å². The lowest BCUT2D eigenvalue weighted by Gasteiger charge is -2.30. The third-order valence-electron chi connectivity index (χ3n) is 3.93. The van der Waals surface area contributed by atoms with Crippen LogP contribution in [0.25, 0.3) is 0 Å². The van der Waals surface area contributed by atoms with Gasteiger partial charge < -0.3 is 18.9 Å². The maximum Gasteiger partial charge on any atom is 0.453 e. The first-order valence-corrected chi connectivity index (χ1v) is 9.40. The Labute approximate surface area is 184 Å². The van der Waals surface area contributed by atoms with Crippen molar-refractivity contribution in [2.45, 2.75) is 32.0 Å². The zero-order chi connectivity index (χ0) is 24.9. The summed E-state index contributed by atoms with van der Waals surface area (Å²) < 4.78 is 98.6. The fourth-order valence-electron chi connectivity index (χ4n) is 2.53. The van der Waals surface area contributed by atoms with Crippen LogP contribution in [-0.4, -0.2) is 30.9 Å². The number of hydrogen-bond acceptors (Lipinski definition) is 6. The van der Waals surface area contributed by atoms with Crippen molar-refractivity contribution in [1.82, 2.24) is 0 Å². The molecule has 0 saturated heterocycles. The highest BCUT2D eigenvalue weighted by Crippen LogP contribution is 2.35. The van der Waals surface area contributed by atoms with Gasteiger partial charge in [-0.05, 0) is 50.2 Å². The van der Waals surface area contributed by atoms with Gasteiger partial charge >= 0.3 is 30.1 Å². The van der Waals surface area contributed by atoms with Gasteiger partial charge in [-0.2, -0.15) is 26.3 Å². The van der Waals surface area contributed by atoms with Crippen LogP contribution < -0.4 is 9.47 Å². The third-order valence-corrected chi connectivity index (χ3v) is 3.93. The standard InChI is InChI=1S/C21H18F6O6/c1-3-30-17(28)19(18(29)31-4-2,32-15-9-5-7-13(11-15)20(22,23)24)33-16-10-6-8-14(12-16)21(25,26)27/h5-12H,3-4H2,1-2H3. The second kappa shape index (κ2) is 10.0. The van der Waals surface area contributed by atoms with E-state index in [1.54, 1.807) is 0 Å². The van der Waals surface area contributed by atoms with Crippen LogP contribution in [-0.2, 0) is 31.4 Å². The van der Waals surface area contributed by atoms with E-state index in [4.69, 9.17) is 18.9 Å². The number of ether oxygens (including phenoxy) is 4. The molecule has 0 unspecified atom stereocenters. The normalized spacial score (nSPS) is 12.1. The molecule has 0 spiro atoms. The fraction of sp³-hybridized carbons (Fsp3) is 0.333. The Hall–Kier alpha value is -3.44. The van der Waals surface area contributed by atoms with E-state index in [0.29, 0.717) is 24.3 Å². The fourth-order valence-corrected chi connectivity index (χ4v) is 2.53. The molecule has 0 heterocycles. The number of benzene rings is 2. The molecular weight excluding hydrogens is 462 g/mol. The van der Waals surface area contributed by atoms with Crippen molar-refractivity contribution >= 4 is 11.9 Å². The average molecular weight is 480 g/mol. The average Bonchev–Trinajstić information content (AvgIpc) is 2.72. The van der Waals surface area contributed by atoms with Crippen molar-refractivity contribution in [3.05, 3.63) is 59.7 Å². The summed E-state index contributed by atoms with van der Waals surface area (Å²) >= 11 is 0. The molecule has 2 aromatic rings. The molecule has 0 aliphatic carbocycles. The summed E-state index contributed by atoms with van der Waals surface area (Å²) in [6.45, 7) is 2.06. The van der Waals surface area contributed by atoms with Gasteiger partial charge in [0.1, 0.15) is 11.5 Å². The molecule has 0 bridgehead atoms. The van der Waals surface area contributed by atoms with Gasteiger partial charge in [0.25, 0.3) is 0 Å². The lowest BCUT2D eigenvalue weighted by molar-refractivity contribution is -0.209. The Morgan fingerprint density at radius 1 is 0.697 bits per heavy atom. The summed E-state index contributed by atoms with van der Waals surface area (Å²) in [7, 11) is 0. The van der Waals surface area contributed by atoms with Crippen molar-refractivity contribution in [2.24, 2.45) is 0 Å². The van der Waals surface area contributed by atoms with E-state index >= 15 is 0 Å². The van der Waals surface area contributed by atoms with Gasteiger partial charge in [-0.1, -0.05) is 12.1 Å². The second-order valence-corrected chi connectivity index (χ2v) is 6.31. The van der Waals surface area contributed by atoms with Crippen LogP contribution in [0.2, 0.25) is 0 Å². The Bertz CT molecular complexity index is 906. The van der Waals surface area contributed by atoms with Crippen LogP contribution in [0.3, 0.4) is 0 Å². The number of esters is 2. The van der Waals surface area contributed by atoms with Gasteiger partial charge in [0.05, 0.1) is 24.3 Å². The molecule has 0 atom stereocenters. The summed E-state index contributed by atoms with van der Waals surface area (Å²) in [5, 5.41) is 0. The van der Waals surface area contributed by atoms with E-state index in [9.17, 15) is 35.9 Å². The Morgan fingerprint density at radius 3 is 1.36 bits per heavy atom. The summed E-state index contributed by atoms with van der Waals surface area (Å²) in [6, 6.07) is 6.20. The number of rotatable bonds is 8. The highest BCUT2D eigenvalue weighted by molar-refractivity contribution is 6.02. The van der Waals surface area contributed by atoms with Crippen LogP contribution in [0.5, 0.6) is 11.5 Å². The molecule has 0 aromatic heterocycles. The molecular formula is C21H18F6O6. The number of carbonyl (C=O) groups is 2. The van der Waals surface area contributed by atoms with E-state index < -0.39 is 52.7 Å². The monoisotopic (exact) mass is 480 g/mol. The number of alkyl halides is 6. The predicted octanol–water partition coefficient (Wildman–Crippen LogP) is 5.00. The first-order valence-electron chi connectivity index (χ1n) is 9.40. The third kappa shape index (κ3) is 6.30. The predicted molar refractivity (Wildman–Crippen MR) is 100 cm³/mol. The minimum Gasteiger partial charge on any atom is -0.460 e. The SMILES string of the molecule is CCOC(=O)C(Oc1cccc(C(F)(F)F)c1)(Oc1cccc(C(F)(F)F)c1)C(=O)OCC. The van der Waals surface area contributed by atoms with Crippen molar-refractivity contribution < 1.29 is 54.9 Å². The van der Waals surface area contributed by atoms with Crippen LogP contribution in [0, 0.1) is 0 Å². The first-order chi connectivity index (χ1) is 15.3. The number of hydrogen-bond donors (Lipinski definition) is 0. The van der Waals surface area contributed by atoms with Gasteiger partial charge in [0.15, 0.2) is 0 Å². The van der Waals surface area contributed by atoms with Gasteiger partial charge in [-0.3, -0.25) is 0 Å². The van der Waals surface area contributed by atoms with Gasteiger partial charge in [-0.25, -0.2) is 9.59 Å². The minimum absolute atomic E-state index is 0.322. The van der Waals surface area contributed by atoms with Crippen LogP contribution >= 0.6 is 0 Å². The Morgan fingerprint density at radius 2 is 1.06 bits per heavy atom. The Balaban J connectivity index is 2.62. The maximum absolute atomic E-state index is 13.1. The molecule has 0 radical (unpaired) electrons. The van der Waals surface area contributed by atoms with Crippen LogP contribution in [0.15, 0.2) is 48.5 Å². The topological polar surface area (TPSA) is 71.1 Å². The highest BCUT2D eigenvalue weighted by atomic mass is 19.4. The van der Waals surface area contributed by atoms with E-state index in [1.165, 1.54) is 13.8 Å². The molecule has 180 valence electrons. The van der Waals surface area contributed by atoms with Crippen molar-refractivity contribution in [2.75, 3.05) is 13.2 Å². The molecule has 0 saturated carbocycles. The lowest BCUT2D eigenvalue weighted by Crippen LogP contribution is -2.58. The molecule has 2 rings (SSSR count). The second-order valence-electron chi connectivity index (χ2n) is 6.31. The molecule has 2 aromatic carbocycles. The maximum atomic E-state index is 13.1. The van der Waals surface area contributed by atoms with Crippen LogP contribution in [0.1, 0.15) is 25.0 Å². The summed E-state index contributed by atoms with van der Waals surface area (Å²) in [5.41, 5.74) is -2.36. The molecule has 6 nitrogen and oxygen atoms in total. The van der Waals surface area contributed by atoms with Gasteiger partial charge in [0.2, 0.25) is 0 Å². The molecule has 0 amide bonds. The van der Waals surface area contributed by atoms with Gasteiger partial charge in [0, 0.05) is 0 Å². The summed E-state index contributed by atoms with van der Waals surface area (Å²) in [6.07, 6.45) is -9.59. The largest absolute Gasteiger partial charge is 0.460 e. The van der Waals surface area contributed by atoms with Crippen LogP contribution in [0.4, 0.5) is 26.3 Å². The number of halogens is 6. The first kappa shape index (κ1) is 25.8. The molecule has 12 heteroatoms. The molecule has 0 N–H and O–H groups in total. The molecule has 0 fully saturated rings. The van der Waals surface area contributed by atoms with Crippen molar-refractivity contribution in [1.29, 1.82) is 0 Å². The van der Waals surface area contributed by atoms with Crippen molar-refractivity contribution in [3.8, 4) is 11.5 Å².